The molecule has 5 heteroatoms. The first kappa shape index (κ1) is 19.2. The van der Waals surface area contributed by atoms with Crippen molar-refractivity contribution in [2.24, 2.45) is 5.92 Å². The summed E-state index contributed by atoms with van der Waals surface area (Å²) in [5.41, 5.74) is 1.63. The maximum absolute atomic E-state index is 12.5. The molecule has 0 saturated carbocycles. The summed E-state index contributed by atoms with van der Waals surface area (Å²) in [5, 5.41) is 2.62. The fraction of sp³-hybridized carbons (Fsp3) is 0.238. The Kier molecular flexibility index (Phi) is 6.55. The molecule has 0 bridgehead atoms. The van der Waals surface area contributed by atoms with Gasteiger partial charge in [0.2, 0.25) is 5.91 Å². The van der Waals surface area contributed by atoms with Gasteiger partial charge in [-0.2, -0.15) is 0 Å². The van der Waals surface area contributed by atoms with Gasteiger partial charge in [-0.05, 0) is 35.7 Å². The molecule has 0 aliphatic rings. The number of carbonyl (C=O) groups is 2. The lowest BCUT2D eigenvalue weighted by Gasteiger charge is -2.12. The van der Waals surface area contributed by atoms with E-state index < -0.39 is 5.97 Å². The molecule has 2 aromatic carbocycles. The van der Waals surface area contributed by atoms with Crippen molar-refractivity contribution >= 4 is 23.6 Å². The van der Waals surface area contributed by atoms with Crippen molar-refractivity contribution in [3.05, 3.63) is 59.7 Å². The van der Waals surface area contributed by atoms with Gasteiger partial charge in [-0.25, -0.2) is 4.79 Å². The van der Waals surface area contributed by atoms with Gasteiger partial charge in [0.15, 0.2) is 11.5 Å². The number of amides is 1. The first-order valence-electron chi connectivity index (χ1n) is 8.35. The summed E-state index contributed by atoms with van der Waals surface area (Å²) >= 11 is 0. The number of carbonyl (C=O) groups excluding carboxylic acids is 2. The van der Waals surface area contributed by atoms with E-state index >= 15 is 0 Å². The first-order chi connectivity index (χ1) is 12.4. The molecule has 0 radical (unpaired) electrons. The van der Waals surface area contributed by atoms with E-state index in [1.54, 1.807) is 36.4 Å². The number of allylic oxidation sites excluding steroid dienone is 1. The second kappa shape index (κ2) is 8.85. The van der Waals surface area contributed by atoms with Crippen LogP contribution in [0, 0.1) is 5.92 Å². The minimum absolute atomic E-state index is 0.260. The molecule has 26 heavy (non-hydrogen) atoms. The highest BCUT2D eigenvalue weighted by molar-refractivity contribution is 6.01. The number of hydrogen-bond donors (Lipinski definition) is 1. The normalized spacial score (nSPS) is 10.8. The summed E-state index contributed by atoms with van der Waals surface area (Å²) in [6, 6.07) is 12.0. The van der Waals surface area contributed by atoms with Crippen LogP contribution in [0.1, 0.15) is 36.7 Å². The van der Waals surface area contributed by atoms with Crippen LogP contribution in [0.25, 0.3) is 6.08 Å². The Morgan fingerprint density at radius 1 is 1.08 bits per heavy atom. The van der Waals surface area contributed by atoms with Crippen molar-refractivity contribution in [2.45, 2.75) is 20.8 Å². The van der Waals surface area contributed by atoms with Crippen LogP contribution >= 0.6 is 0 Å². The summed E-state index contributed by atoms with van der Waals surface area (Å²) in [4.78, 5) is 23.8. The minimum atomic E-state index is -0.571. The predicted molar refractivity (Wildman–Crippen MR) is 103 cm³/mol. The average molecular weight is 353 g/mol. The molecule has 136 valence electrons. The summed E-state index contributed by atoms with van der Waals surface area (Å²) in [5.74, 6) is 0.379. The third-order valence-electron chi connectivity index (χ3n) is 3.52. The van der Waals surface area contributed by atoms with Crippen molar-refractivity contribution in [2.75, 3.05) is 12.4 Å². The number of methoxy groups -OCH3 is 1. The molecule has 0 heterocycles. The zero-order chi connectivity index (χ0) is 19.1. The fourth-order valence-corrected chi connectivity index (χ4v) is 2.29. The second-order valence-electron chi connectivity index (χ2n) is 6.13. The second-order valence-corrected chi connectivity index (χ2v) is 6.13. The van der Waals surface area contributed by atoms with Crippen LogP contribution in [0.2, 0.25) is 0 Å². The van der Waals surface area contributed by atoms with Gasteiger partial charge in [0.25, 0.3) is 0 Å². The number of nitrogens with one attached hydrogen (secondary N) is 1. The molecule has 2 rings (SSSR count). The number of anilines is 1. The Balaban J connectivity index is 2.25. The number of hydrogen-bond acceptors (Lipinski definition) is 4. The monoisotopic (exact) mass is 353 g/mol. The van der Waals surface area contributed by atoms with Crippen molar-refractivity contribution in [1.82, 2.24) is 0 Å². The molecule has 2 aromatic rings. The lowest BCUT2D eigenvalue weighted by atomic mass is 10.1. The highest BCUT2D eigenvalue weighted by Gasteiger charge is 2.16. The van der Waals surface area contributed by atoms with Crippen LogP contribution in [0.3, 0.4) is 0 Å². The predicted octanol–water partition coefficient (Wildman–Crippen LogP) is 4.54. The lowest BCUT2D eigenvalue weighted by molar-refractivity contribution is -0.114. The van der Waals surface area contributed by atoms with Gasteiger partial charge >= 0.3 is 5.97 Å². The number of para-hydroxylation sites is 1. The third kappa shape index (κ3) is 5.21. The van der Waals surface area contributed by atoms with E-state index in [-0.39, 0.29) is 11.5 Å². The van der Waals surface area contributed by atoms with Crippen LogP contribution in [-0.4, -0.2) is 19.0 Å². The first-order valence-corrected chi connectivity index (χ1v) is 8.35. The number of rotatable bonds is 6. The zero-order valence-electron chi connectivity index (χ0n) is 15.4. The van der Waals surface area contributed by atoms with Crippen LogP contribution in [0.4, 0.5) is 5.69 Å². The van der Waals surface area contributed by atoms with Crippen LogP contribution < -0.4 is 14.8 Å². The van der Waals surface area contributed by atoms with Gasteiger partial charge in [-0.15, -0.1) is 0 Å². The van der Waals surface area contributed by atoms with Crippen molar-refractivity contribution < 1.29 is 19.1 Å². The molecule has 0 spiro atoms. The van der Waals surface area contributed by atoms with Gasteiger partial charge in [-0.3, -0.25) is 4.79 Å². The number of ether oxygens (including phenoxy) is 2. The maximum Gasteiger partial charge on any atom is 0.345 e. The van der Waals surface area contributed by atoms with Crippen LogP contribution in [-0.2, 0) is 4.79 Å². The Bertz CT molecular complexity index is 825. The van der Waals surface area contributed by atoms with E-state index in [9.17, 15) is 9.59 Å². The molecule has 0 aliphatic heterocycles. The molecule has 0 atom stereocenters. The van der Waals surface area contributed by atoms with E-state index in [4.69, 9.17) is 9.47 Å². The molecule has 0 aliphatic carbocycles. The fourth-order valence-electron chi connectivity index (χ4n) is 2.29. The standard InChI is InChI=1S/C21H23NO4/c1-14(2)9-10-16-11-12-19(20(13-16)25-4)26-21(24)17-7-5-6-8-18(17)22-15(3)23/h5-14H,1-4H3,(H,22,23)/b10-9+. The Labute approximate surface area is 153 Å². The highest BCUT2D eigenvalue weighted by atomic mass is 16.6. The topological polar surface area (TPSA) is 64.6 Å². The van der Waals surface area contributed by atoms with E-state index in [1.165, 1.54) is 14.0 Å². The molecular formula is C21H23NO4. The third-order valence-corrected chi connectivity index (χ3v) is 3.52. The van der Waals surface area contributed by atoms with Gasteiger partial charge < -0.3 is 14.8 Å². The summed E-state index contributed by atoms with van der Waals surface area (Å²) in [7, 11) is 1.52. The van der Waals surface area contributed by atoms with Gasteiger partial charge in [0.1, 0.15) is 0 Å². The summed E-state index contributed by atoms with van der Waals surface area (Å²) < 4.78 is 10.8. The van der Waals surface area contributed by atoms with Crippen molar-refractivity contribution in [1.29, 1.82) is 0 Å². The number of benzene rings is 2. The van der Waals surface area contributed by atoms with Crippen molar-refractivity contribution in [3.63, 3.8) is 0 Å². The SMILES string of the molecule is COc1cc(/C=C/C(C)C)ccc1OC(=O)c1ccccc1NC(C)=O. The van der Waals surface area contributed by atoms with E-state index in [1.807, 2.05) is 12.1 Å². The van der Waals surface area contributed by atoms with Gasteiger partial charge in [0.05, 0.1) is 18.4 Å². The molecule has 1 N–H and O–H groups in total. The maximum atomic E-state index is 12.5. The van der Waals surface area contributed by atoms with Gasteiger partial charge in [0, 0.05) is 6.92 Å². The lowest BCUT2D eigenvalue weighted by Crippen LogP contribution is -2.15. The Hall–Kier alpha value is -3.08. The summed E-state index contributed by atoms with van der Waals surface area (Å²) in [6.07, 6.45) is 4.06. The van der Waals surface area contributed by atoms with Crippen molar-refractivity contribution in [3.8, 4) is 11.5 Å². The van der Waals surface area contributed by atoms with E-state index in [2.05, 4.69) is 25.2 Å². The molecule has 1 amide bonds. The largest absolute Gasteiger partial charge is 0.493 e. The van der Waals surface area contributed by atoms with Crippen LogP contribution in [0.15, 0.2) is 48.5 Å². The Morgan fingerprint density at radius 3 is 2.46 bits per heavy atom. The Morgan fingerprint density at radius 2 is 1.81 bits per heavy atom. The molecule has 0 saturated heterocycles. The smallest absolute Gasteiger partial charge is 0.345 e. The zero-order valence-corrected chi connectivity index (χ0v) is 15.4. The molecule has 5 nitrogen and oxygen atoms in total. The van der Waals surface area contributed by atoms with E-state index in [0.717, 1.165) is 5.56 Å². The van der Waals surface area contributed by atoms with E-state index in [0.29, 0.717) is 23.1 Å². The summed E-state index contributed by atoms with van der Waals surface area (Å²) in [6.45, 7) is 5.57. The molecule has 0 unspecified atom stereocenters. The molecule has 0 fully saturated rings. The number of esters is 1. The molecule has 0 aromatic heterocycles. The van der Waals surface area contributed by atoms with Crippen LogP contribution in [0.5, 0.6) is 11.5 Å². The molecular weight excluding hydrogens is 330 g/mol. The quantitative estimate of drug-likeness (QED) is 0.611. The minimum Gasteiger partial charge on any atom is -0.493 e. The van der Waals surface area contributed by atoms with Gasteiger partial charge in [-0.1, -0.05) is 44.2 Å². The average Bonchev–Trinajstić information content (AvgIpc) is 2.60. The highest BCUT2D eigenvalue weighted by Crippen LogP contribution is 2.30.